The summed E-state index contributed by atoms with van der Waals surface area (Å²) in [6, 6.07) is 11.5. The Morgan fingerprint density at radius 2 is 1.92 bits per heavy atom. The molecule has 2 aromatic carbocycles. The molecule has 2 aromatic rings. The average Bonchev–Trinajstić information content (AvgIpc) is 3.00. The first-order valence-electron chi connectivity index (χ1n) is 7.32. The van der Waals surface area contributed by atoms with Gasteiger partial charge >= 0.3 is 0 Å². The van der Waals surface area contributed by atoms with Crippen molar-refractivity contribution in [3.63, 3.8) is 0 Å². The second kappa shape index (κ2) is 7.30. The molecule has 0 saturated carbocycles. The smallest absolute Gasteiger partial charge is 0.239 e. The second-order valence-electron chi connectivity index (χ2n) is 5.33. The van der Waals surface area contributed by atoms with E-state index in [4.69, 9.17) is 21.1 Å². The van der Waals surface area contributed by atoms with Crippen molar-refractivity contribution in [1.82, 2.24) is 4.72 Å². The van der Waals surface area contributed by atoms with Gasteiger partial charge in [-0.05, 0) is 35.9 Å². The SMILES string of the molecule is O=C(CNS(=O)(=O)Cc1ccc2c(c1)OCO2)Nc1cccc(Cl)c1. The van der Waals surface area contributed by atoms with Crippen LogP contribution in [0.15, 0.2) is 42.5 Å². The Balaban J connectivity index is 1.55. The predicted molar refractivity (Wildman–Crippen MR) is 93.3 cm³/mol. The maximum Gasteiger partial charge on any atom is 0.239 e. The third-order valence-electron chi connectivity index (χ3n) is 3.35. The lowest BCUT2D eigenvalue weighted by atomic mass is 10.2. The molecular weight excluding hydrogens is 368 g/mol. The number of fused-ring (bicyclic) bond motifs is 1. The molecule has 0 fully saturated rings. The Labute approximate surface area is 149 Å². The quantitative estimate of drug-likeness (QED) is 0.798. The van der Waals surface area contributed by atoms with Gasteiger partial charge in [-0.3, -0.25) is 4.79 Å². The molecule has 1 aliphatic heterocycles. The summed E-state index contributed by atoms with van der Waals surface area (Å²) in [5, 5.41) is 3.04. The highest BCUT2D eigenvalue weighted by molar-refractivity contribution is 7.88. The summed E-state index contributed by atoms with van der Waals surface area (Å²) < 4.78 is 36.9. The highest BCUT2D eigenvalue weighted by Gasteiger charge is 2.18. The molecular formula is C16H15ClN2O5S. The zero-order valence-electron chi connectivity index (χ0n) is 13.0. The molecule has 0 aromatic heterocycles. The Kier molecular flexibility index (Phi) is 5.12. The van der Waals surface area contributed by atoms with E-state index in [2.05, 4.69) is 10.0 Å². The fourth-order valence-electron chi connectivity index (χ4n) is 2.25. The van der Waals surface area contributed by atoms with Crippen LogP contribution in [0.5, 0.6) is 11.5 Å². The molecule has 9 heteroatoms. The Morgan fingerprint density at radius 1 is 1.12 bits per heavy atom. The van der Waals surface area contributed by atoms with Crippen molar-refractivity contribution >= 4 is 33.2 Å². The lowest BCUT2D eigenvalue weighted by molar-refractivity contribution is -0.115. The Morgan fingerprint density at radius 3 is 2.72 bits per heavy atom. The average molecular weight is 383 g/mol. The van der Waals surface area contributed by atoms with Crippen molar-refractivity contribution in [2.24, 2.45) is 0 Å². The number of nitrogens with one attached hydrogen (secondary N) is 2. The van der Waals surface area contributed by atoms with E-state index >= 15 is 0 Å². The number of rotatable bonds is 6. The predicted octanol–water partition coefficient (Wildman–Crippen LogP) is 2.13. The number of hydrogen-bond donors (Lipinski definition) is 2. The molecule has 0 saturated heterocycles. The maximum absolute atomic E-state index is 12.1. The zero-order valence-corrected chi connectivity index (χ0v) is 14.6. The molecule has 0 spiro atoms. The van der Waals surface area contributed by atoms with Crippen LogP contribution < -0.4 is 19.5 Å². The Bertz CT molecular complexity index is 901. The highest BCUT2D eigenvalue weighted by atomic mass is 35.5. The molecule has 0 aliphatic carbocycles. The molecule has 0 radical (unpaired) electrons. The van der Waals surface area contributed by atoms with Crippen LogP contribution in [-0.4, -0.2) is 27.7 Å². The van der Waals surface area contributed by atoms with Crippen LogP contribution in [0.25, 0.3) is 0 Å². The van der Waals surface area contributed by atoms with Crippen LogP contribution >= 0.6 is 11.6 Å². The number of halogens is 1. The van der Waals surface area contributed by atoms with Gasteiger partial charge in [0.05, 0.1) is 12.3 Å². The van der Waals surface area contributed by atoms with E-state index in [-0.39, 0.29) is 19.1 Å². The number of ether oxygens (including phenoxy) is 2. The lowest BCUT2D eigenvalue weighted by Gasteiger charge is -2.08. The van der Waals surface area contributed by atoms with Gasteiger partial charge in [0.25, 0.3) is 0 Å². The van der Waals surface area contributed by atoms with Crippen LogP contribution in [-0.2, 0) is 20.6 Å². The van der Waals surface area contributed by atoms with Crippen molar-refractivity contribution in [2.45, 2.75) is 5.75 Å². The minimum absolute atomic E-state index is 0.119. The first-order valence-corrected chi connectivity index (χ1v) is 9.36. The van der Waals surface area contributed by atoms with Gasteiger partial charge < -0.3 is 14.8 Å². The van der Waals surface area contributed by atoms with Crippen molar-refractivity contribution in [3.05, 3.63) is 53.1 Å². The largest absolute Gasteiger partial charge is 0.454 e. The van der Waals surface area contributed by atoms with Gasteiger partial charge in [0.2, 0.25) is 22.7 Å². The molecule has 3 rings (SSSR count). The molecule has 0 atom stereocenters. The maximum atomic E-state index is 12.1. The molecule has 7 nitrogen and oxygen atoms in total. The van der Waals surface area contributed by atoms with Gasteiger partial charge in [-0.1, -0.05) is 23.7 Å². The number of carbonyl (C=O) groups excluding carboxylic acids is 1. The van der Waals surface area contributed by atoms with E-state index in [1.54, 1.807) is 42.5 Å². The van der Waals surface area contributed by atoms with E-state index in [1.165, 1.54) is 0 Å². The van der Waals surface area contributed by atoms with Crippen molar-refractivity contribution in [1.29, 1.82) is 0 Å². The molecule has 0 unspecified atom stereocenters. The first kappa shape index (κ1) is 17.5. The number of carbonyl (C=O) groups is 1. The standard InChI is InChI=1S/C16H15ClN2O5S/c17-12-2-1-3-13(7-12)19-16(20)8-18-25(21,22)9-11-4-5-14-15(6-11)24-10-23-14/h1-7,18H,8-10H2,(H,19,20). The van der Waals surface area contributed by atoms with Gasteiger partial charge in [-0.25, -0.2) is 13.1 Å². The van der Waals surface area contributed by atoms with Gasteiger partial charge in [0.1, 0.15) is 0 Å². The second-order valence-corrected chi connectivity index (χ2v) is 7.57. The summed E-state index contributed by atoms with van der Waals surface area (Å²) in [7, 11) is -3.68. The summed E-state index contributed by atoms with van der Waals surface area (Å²) in [4.78, 5) is 11.9. The minimum Gasteiger partial charge on any atom is -0.454 e. The molecule has 1 heterocycles. The van der Waals surface area contributed by atoms with E-state index in [0.717, 1.165) is 0 Å². The lowest BCUT2D eigenvalue weighted by Crippen LogP contribution is -2.33. The third-order valence-corrected chi connectivity index (χ3v) is 4.89. The van der Waals surface area contributed by atoms with Gasteiger partial charge in [0.15, 0.2) is 11.5 Å². The number of anilines is 1. The van der Waals surface area contributed by atoms with E-state index < -0.39 is 15.9 Å². The topological polar surface area (TPSA) is 93.7 Å². The third kappa shape index (κ3) is 4.85. The minimum atomic E-state index is -3.68. The normalized spacial score (nSPS) is 12.8. The summed E-state index contributed by atoms with van der Waals surface area (Å²) in [5.41, 5.74) is 1.03. The van der Waals surface area contributed by atoms with Crippen molar-refractivity contribution in [2.75, 3.05) is 18.7 Å². The van der Waals surface area contributed by atoms with Gasteiger partial charge in [-0.15, -0.1) is 0 Å². The molecule has 0 bridgehead atoms. The molecule has 132 valence electrons. The zero-order chi connectivity index (χ0) is 17.9. The summed E-state index contributed by atoms with van der Waals surface area (Å²) in [5.74, 6) is 0.326. The van der Waals surface area contributed by atoms with Crippen LogP contribution in [0, 0.1) is 0 Å². The molecule has 1 amide bonds. The number of amides is 1. The fraction of sp³-hybridized carbons (Fsp3) is 0.188. The van der Waals surface area contributed by atoms with Crippen molar-refractivity contribution in [3.8, 4) is 11.5 Å². The van der Waals surface area contributed by atoms with Crippen LogP contribution in [0.4, 0.5) is 5.69 Å². The van der Waals surface area contributed by atoms with Crippen LogP contribution in [0.2, 0.25) is 5.02 Å². The van der Waals surface area contributed by atoms with Crippen molar-refractivity contribution < 1.29 is 22.7 Å². The summed E-state index contributed by atoms with van der Waals surface area (Å²) in [6.45, 7) is -0.257. The monoisotopic (exact) mass is 382 g/mol. The number of sulfonamides is 1. The first-order chi connectivity index (χ1) is 11.9. The van der Waals surface area contributed by atoms with E-state index in [1.807, 2.05) is 0 Å². The fourth-order valence-corrected chi connectivity index (χ4v) is 3.51. The van der Waals surface area contributed by atoms with Gasteiger partial charge in [-0.2, -0.15) is 0 Å². The summed E-state index contributed by atoms with van der Waals surface area (Å²) >= 11 is 5.83. The van der Waals surface area contributed by atoms with E-state index in [0.29, 0.717) is 27.8 Å². The molecule has 1 aliphatic rings. The number of hydrogen-bond acceptors (Lipinski definition) is 5. The van der Waals surface area contributed by atoms with Gasteiger partial charge in [0, 0.05) is 10.7 Å². The molecule has 25 heavy (non-hydrogen) atoms. The summed E-state index contributed by atoms with van der Waals surface area (Å²) in [6.07, 6.45) is 0. The van der Waals surface area contributed by atoms with Crippen LogP contribution in [0.3, 0.4) is 0 Å². The Hall–Kier alpha value is -2.29. The van der Waals surface area contributed by atoms with Crippen LogP contribution in [0.1, 0.15) is 5.56 Å². The van der Waals surface area contributed by atoms with E-state index in [9.17, 15) is 13.2 Å². The molecule has 2 N–H and O–H groups in total. The highest BCUT2D eigenvalue weighted by Crippen LogP contribution is 2.32. The number of benzene rings is 2.